The fourth-order valence-corrected chi connectivity index (χ4v) is 4.20. The third-order valence-electron chi connectivity index (χ3n) is 6.20. The van der Waals surface area contributed by atoms with E-state index in [2.05, 4.69) is 19.2 Å². The van der Waals surface area contributed by atoms with Gasteiger partial charge in [-0.05, 0) is 47.2 Å². The largest absolute Gasteiger partial charge is 0.497 e. The predicted molar refractivity (Wildman–Crippen MR) is 147 cm³/mol. The van der Waals surface area contributed by atoms with Crippen LogP contribution in [0.25, 0.3) is 0 Å². The molecule has 0 saturated carbocycles. The molecule has 1 N–H and O–H groups in total. The fourth-order valence-electron chi connectivity index (χ4n) is 4.20. The van der Waals surface area contributed by atoms with E-state index in [0.29, 0.717) is 24.5 Å². The van der Waals surface area contributed by atoms with Gasteiger partial charge in [0.15, 0.2) is 6.61 Å². The highest BCUT2D eigenvalue weighted by Gasteiger charge is 2.30. The van der Waals surface area contributed by atoms with Crippen LogP contribution in [0.1, 0.15) is 49.8 Å². The van der Waals surface area contributed by atoms with Crippen molar-refractivity contribution in [3.05, 3.63) is 95.6 Å². The Morgan fingerprint density at radius 3 is 2.32 bits per heavy atom. The molecule has 0 unspecified atom stereocenters. The molecular weight excluding hydrogens is 464 g/mol. The van der Waals surface area contributed by atoms with Gasteiger partial charge >= 0.3 is 0 Å². The maximum absolute atomic E-state index is 13.8. The fraction of sp³-hybridized carbons (Fsp3) is 0.355. The molecule has 37 heavy (non-hydrogen) atoms. The summed E-state index contributed by atoms with van der Waals surface area (Å²) in [6.45, 7) is 6.82. The number of hydrogen-bond donors (Lipinski definition) is 1. The normalized spacial score (nSPS) is 11.6. The summed E-state index contributed by atoms with van der Waals surface area (Å²) in [6, 6.07) is 24.4. The molecular formula is C31H38N2O4. The smallest absolute Gasteiger partial charge is 0.261 e. The van der Waals surface area contributed by atoms with Gasteiger partial charge in [-0.2, -0.15) is 0 Å². The quantitative estimate of drug-likeness (QED) is 0.342. The van der Waals surface area contributed by atoms with Crippen molar-refractivity contribution in [2.45, 2.75) is 52.1 Å². The molecule has 3 aromatic carbocycles. The van der Waals surface area contributed by atoms with Crippen LogP contribution in [0.2, 0.25) is 0 Å². The van der Waals surface area contributed by atoms with E-state index in [1.165, 1.54) is 0 Å². The second kappa shape index (κ2) is 14.1. The first-order valence-corrected chi connectivity index (χ1v) is 12.9. The second-order valence-electron chi connectivity index (χ2n) is 9.35. The van der Waals surface area contributed by atoms with E-state index in [9.17, 15) is 9.59 Å². The van der Waals surface area contributed by atoms with Crippen LogP contribution in [0.4, 0.5) is 0 Å². The molecule has 0 heterocycles. The SMILES string of the molecule is CCCNC(=O)[C@@H](Cc1ccccc1)N(Cc1cccc(OC)c1)C(=O)COc1ccccc1C(C)C. The van der Waals surface area contributed by atoms with Gasteiger partial charge in [-0.15, -0.1) is 0 Å². The first-order valence-electron chi connectivity index (χ1n) is 12.9. The third-order valence-corrected chi connectivity index (χ3v) is 6.20. The molecule has 0 aliphatic heterocycles. The van der Waals surface area contributed by atoms with Gasteiger partial charge in [0.1, 0.15) is 17.5 Å². The predicted octanol–water partition coefficient (Wildman–Crippen LogP) is 5.36. The Labute approximate surface area is 220 Å². The minimum absolute atomic E-state index is 0.167. The topological polar surface area (TPSA) is 67.9 Å². The summed E-state index contributed by atoms with van der Waals surface area (Å²) >= 11 is 0. The van der Waals surface area contributed by atoms with Gasteiger partial charge in [0, 0.05) is 19.5 Å². The first-order chi connectivity index (χ1) is 17.9. The van der Waals surface area contributed by atoms with Crippen LogP contribution >= 0.6 is 0 Å². The lowest BCUT2D eigenvalue weighted by atomic mass is 10.0. The van der Waals surface area contributed by atoms with Gasteiger partial charge in [0.05, 0.1) is 7.11 Å². The molecule has 0 saturated heterocycles. The minimum Gasteiger partial charge on any atom is -0.497 e. The molecule has 0 aliphatic carbocycles. The number of ether oxygens (including phenoxy) is 2. The number of amides is 2. The van der Waals surface area contributed by atoms with E-state index in [1.807, 2.05) is 85.8 Å². The molecule has 0 bridgehead atoms. The number of carbonyl (C=O) groups is 2. The number of hydrogen-bond acceptors (Lipinski definition) is 4. The average Bonchev–Trinajstić information content (AvgIpc) is 2.93. The maximum Gasteiger partial charge on any atom is 0.261 e. The number of benzene rings is 3. The van der Waals surface area contributed by atoms with Crippen LogP contribution in [0.15, 0.2) is 78.9 Å². The van der Waals surface area contributed by atoms with Gasteiger partial charge in [-0.25, -0.2) is 0 Å². The summed E-state index contributed by atoms with van der Waals surface area (Å²) in [5, 5.41) is 3.00. The molecule has 0 fully saturated rings. The Morgan fingerprint density at radius 2 is 1.62 bits per heavy atom. The molecule has 0 aliphatic rings. The van der Waals surface area contributed by atoms with E-state index in [0.717, 1.165) is 23.1 Å². The van der Waals surface area contributed by atoms with Gasteiger partial charge in [-0.3, -0.25) is 9.59 Å². The summed E-state index contributed by atoms with van der Waals surface area (Å²) < 4.78 is 11.4. The molecule has 3 aromatic rings. The van der Waals surface area contributed by atoms with Crippen LogP contribution in [0.5, 0.6) is 11.5 Å². The Hall–Kier alpha value is -3.80. The third kappa shape index (κ3) is 8.10. The Morgan fingerprint density at radius 1 is 0.919 bits per heavy atom. The van der Waals surface area contributed by atoms with Crippen molar-refractivity contribution in [2.75, 3.05) is 20.3 Å². The van der Waals surface area contributed by atoms with E-state index in [1.54, 1.807) is 12.0 Å². The lowest BCUT2D eigenvalue weighted by molar-refractivity contribution is -0.142. The molecule has 6 nitrogen and oxygen atoms in total. The molecule has 2 amide bonds. The number of carbonyl (C=O) groups excluding carboxylic acids is 2. The van der Waals surface area contributed by atoms with Crippen molar-refractivity contribution in [3.8, 4) is 11.5 Å². The summed E-state index contributed by atoms with van der Waals surface area (Å²) in [4.78, 5) is 28.8. The van der Waals surface area contributed by atoms with Gasteiger partial charge in [0.2, 0.25) is 5.91 Å². The molecule has 0 radical (unpaired) electrons. The van der Waals surface area contributed by atoms with Crippen LogP contribution in [-0.2, 0) is 22.6 Å². The Balaban J connectivity index is 1.93. The minimum atomic E-state index is -0.698. The summed E-state index contributed by atoms with van der Waals surface area (Å²) in [7, 11) is 1.61. The van der Waals surface area contributed by atoms with Crippen molar-refractivity contribution in [1.82, 2.24) is 10.2 Å². The Kier molecular flexibility index (Phi) is 10.6. The molecule has 6 heteroatoms. The van der Waals surface area contributed by atoms with Crippen molar-refractivity contribution < 1.29 is 19.1 Å². The van der Waals surface area contributed by atoms with Crippen LogP contribution in [0, 0.1) is 0 Å². The van der Waals surface area contributed by atoms with Gasteiger partial charge < -0.3 is 19.7 Å². The highest BCUT2D eigenvalue weighted by molar-refractivity contribution is 5.88. The molecule has 0 aromatic heterocycles. The number of rotatable bonds is 13. The number of para-hydroxylation sites is 1. The van der Waals surface area contributed by atoms with Gasteiger partial charge in [0.25, 0.3) is 5.91 Å². The monoisotopic (exact) mass is 502 g/mol. The van der Waals surface area contributed by atoms with Crippen LogP contribution in [-0.4, -0.2) is 43.0 Å². The highest BCUT2D eigenvalue weighted by atomic mass is 16.5. The lowest BCUT2D eigenvalue weighted by Crippen LogP contribution is -2.51. The summed E-state index contributed by atoms with van der Waals surface area (Å²) in [5.41, 5.74) is 2.89. The Bertz CT molecular complexity index is 1150. The number of methoxy groups -OCH3 is 1. The van der Waals surface area contributed by atoms with Crippen molar-refractivity contribution in [2.24, 2.45) is 0 Å². The zero-order valence-electron chi connectivity index (χ0n) is 22.3. The molecule has 0 spiro atoms. The summed E-state index contributed by atoms with van der Waals surface area (Å²) in [5.74, 6) is 1.20. The molecule has 3 rings (SSSR count). The molecule has 196 valence electrons. The highest BCUT2D eigenvalue weighted by Crippen LogP contribution is 2.26. The first kappa shape index (κ1) is 27.8. The lowest BCUT2D eigenvalue weighted by Gasteiger charge is -2.31. The maximum atomic E-state index is 13.8. The molecule has 1 atom stereocenters. The zero-order chi connectivity index (χ0) is 26.6. The van der Waals surface area contributed by atoms with Crippen molar-refractivity contribution in [3.63, 3.8) is 0 Å². The second-order valence-corrected chi connectivity index (χ2v) is 9.35. The van der Waals surface area contributed by atoms with Gasteiger partial charge in [-0.1, -0.05) is 81.4 Å². The average molecular weight is 503 g/mol. The van der Waals surface area contributed by atoms with Crippen LogP contribution < -0.4 is 14.8 Å². The summed E-state index contributed by atoms with van der Waals surface area (Å²) in [6.07, 6.45) is 1.21. The van der Waals surface area contributed by atoms with Crippen LogP contribution in [0.3, 0.4) is 0 Å². The van der Waals surface area contributed by atoms with E-state index in [4.69, 9.17) is 9.47 Å². The number of nitrogens with zero attached hydrogens (tertiary/aromatic N) is 1. The number of nitrogens with one attached hydrogen (secondary N) is 1. The van der Waals surface area contributed by atoms with Crippen molar-refractivity contribution in [1.29, 1.82) is 0 Å². The van der Waals surface area contributed by atoms with Crippen molar-refractivity contribution >= 4 is 11.8 Å². The van der Waals surface area contributed by atoms with E-state index < -0.39 is 6.04 Å². The van der Waals surface area contributed by atoms with E-state index in [-0.39, 0.29) is 30.9 Å². The van der Waals surface area contributed by atoms with E-state index >= 15 is 0 Å². The standard InChI is InChI=1S/C31H38N2O4/c1-5-18-32-31(35)28(20-24-12-7-6-8-13-24)33(21-25-14-11-15-26(19-25)36-4)30(34)22-37-29-17-10-9-16-27(29)23(2)3/h6-17,19,23,28H,5,18,20-22H2,1-4H3,(H,32,35)/t28-/m1/s1. The zero-order valence-corrected chi connectivity index (χ0v) is 22.3.